The maximum atomic E-state index is 11.9. The van der Waals surface area contributed by atoms with Crippen molar-refractivity contribution in [3.05, 3.63) is 82.9 Å². The summed E-state index contributed by atoms with van der Waals surface area (Å²) in [5.41, 5.74) is 4.98. The molecule has 1 aromatic carbocycles. The van der Waals surface area contributed by atoms with Gasteiger partial charge in [0.15, 0.2) is 5.11 Å². The van der Waals surface area contributed by atoms with Crippen molar-refractivity contribution in [2.45, 2.75) is 39.8 Å². The maximum absolute atomic E-state index is 11.9. The van der Waals surface area contributed by atoms with Gasteiger partial charge in [-0.1, -0.05) is 32.0 Å². The molecule has 1 aliphatic heterocycles. The third kappa shape index (κ3) is 3.88. The van der Waals surface area contributed by atoms with E-state index in [1.807, 2.05) is 48.7 Å². The van der Waals surface area contributed by atoms with E-state index in [1.54, 1.807) is 18.3 Å². The fourth-order valence-electron chi connectivity index (χ4n) is 4.64. The van der Waals surface area contributed by atoms with E-state index in [9.17, 15) is 9.90 Å². The summed E-state index contributed by atoms with van der Waals surface area (Å²) in [5, 5.41) is 13.9. The summed E-state index contributed by atoms with van der Waals surface area (Å²) in [6.45, 7) is 9.24. The predicted molar refractivity (Wildman–Crippen MR) is 129 cm³/mol. The van der Waals surface area contributed by atoms with E-state index < -0.39 is 5.97 Å². The molecule has 0 spiro atoms. The lowest BCUT2D eigenvalue weighted by Crippen LogP contribution is -2.33. The lowest BCUT2D eigenvalue weighted by Gasteiger charge is -2.29. The van der Waals surface area contributed by atoms with Crippen molar-refractivity contribution >= 4 is 23.3 Å². The number of benzene rings is 1. The van der Waals surface area contributed by atoms with E-state index in [1.165, 1.54) is 0 Å². The van der Waals surface area contributed by atoms with Crippen LogP contribution >= 0.6 is 12.2 Å². The first-order valence-corrected chi connectivity index (χ1v) is 11.2. The first-order chi connectivity index (χ1) is 15.3. The number of carbonyl (C=O) groups is 1. The number of carboxylic acids is 1. The highest BCUT2D eigenvalue weighted by atomic mass is 32.1. The molecule has 0 unspecified atom stereocenters. The summed E-state index contributed by atoms with van der Waals surface area (Å²) in [7, 11) is 0. The molecule has 0 aliphatic carbocycles. The van der Waals surface area contributed by atoms with Crippen molar-refractivity contribution in [2.24, 2.45) is 5.92 Å². The predicted octanol–water partition coefficient (Wildman–Crippen LogP) is 4.82. The van der Waals surface area contributed by atoms with E-state index in [-0.39, 0.29) is 17.6 Å². The van der Waals surface area contributed by atoms with Gasteiger partial charge in [-0.15, -0.1) is 0 Å². The number of carboxylic acid groups (broad SMARTS) is 1. The molecule has 32 heavy (non-hydrogen) atoms. The minimum atomic E-state index is -0.939. The normalized spacial score (nSPS) is 18.3. The summed E-state index contributed by atoms with van der Waals surface area (Å²) in [6, 6.07) is 15.0. The summed E-state index contributed by atoms with van der Waals surface area (Å²) in [5.74, 6) is -0.512. The van der Waals surface area contributed by atoms with Crippen molar-refractivity contribution in [1.29, 1.82) is 0 Å². The second kappa shape index (κ2) is 8.74. The fraction of sp³-hybridized carbons (Fsp3) is 0.320. The van der Waals surface area contributed by atoms with Gasteiger partial charge in [0.05, 0.1) is 29.0 Å². The van der Waals surface area contributed by atoms with Crippen LogP contribution in [0.3, 0.4) is 0 Å². The van der Waals surface area contributed by atoms with Crippen molar-refractivity contribution in [2.75, 3.05) is 6.54 Å². The van der Waals surface area contributed by atoms with Gasteiger partial charge < -0.3 is 19.9 Å². The van der Waals surface area contributed by atoms with E-state index in [0.29, 0.717) is 11.6 Å². The molecule has 2 atom stereocenters. The molecule has 0 radical (unpaired) electrons. The Morgan fingerprint density at radius 1 is 1.19 bits per heavy atom. The molecule has 0 bridgehead atoms. The lowest BCUT2D eigenvalue weighted by molar-refractivity contribution is 0.0697. The fourth-order valence-corrected chi connectivity index (χ4v) is 4.96. The molecule has 1 saturated heterocycles. The SMILES string of the molecule is Cc1cc([C@H]2[C@H](c3ccccn3)NC(=S)N2CC(C)C)c(C)n1-c1ccccc1C(=O)O. The lowest BCUT2D eigenvalue weighted by atomic mass is 9.96. The van der Waals surface area contributed by atoms with Gasteiger partial charge in [0.2, 0.25) is 0 Å². The molecule has 4 rings (SSSR count). The average molecular weight is 449 g/mol. The Hall–Kier alpha value is -3.19. The van der Waals surface area contributed by atoms with Gasteiger partial charge >= 0.3 is 5.97 Å². The van der Waals surface area contributed by atoms with Gasteiger partial charge in [0.1, 0.15) is 0 Å². The maximum Gasteiger partial charge on any atom is 0.337 e. The Bertz CT molecular complexity index is 1160. The van der Waals surface area contributed by atoms with Crippen molar-refractivity contribution in [3.8, 4) is 5.69 Å². The molecule has 2 aromatic heterocycles. The molecular weight excluding hydrogens is 420 g/mol. The zero-order valence-electron chi connectivity index (χ0n) is 18.7. The van der Waals surface area contributed by atoms with Gasteiger partial charge in [-0.2, -0.15) is 0 Å². The molecule has 0 saturated carbocycles. The van der Waals surface area contributed by atoms with Crippen LogP contribution in [-0.2, 0) is 0 Å². The Morgan fingerprint density at radius 2 is 1.91 bits per heavy atom. The molecule has 0 amide bonds. The number of pyridine rings is 1. The summed E-state index contributed by atoms with van der Waals surface area (Å²) < 4.78 is 2.03. The van der Waals surface area contributed by atoms with E-state index >= 15 is 0 Å². The monoisotopic (exact) mass is 448 g/mol. The third-order valence-corrected chi connectivity index (χ3v) is 6.28. The number of hydrogen-bond acceptors (Lipinski definition) is 3. The van der Waals surface area contributed by atoms with E-state index in [0.717, 1.165) is 34.3 Å². The molecule has 7 heteroatoms. The Morgan fingerprint density at radius 3 is 2.56 bits per heavy atom. The highest BCUT2D eigenvalue weighted by Gasteiger charge is 2.41. The van der Waals surface area contributed by atoms with Crippen LogP contribution in [-0.4, -0.2) is 37.2 Å². The summed E-state index contributed by atoms with van der Waals surface area (Å²) in [6.07, 6.45) is 1.80. The molecule has 1 fully saturated rings. The zero-order valence-corrected chi connectivity index (χ0v) is 19.6. The van der Waals surface area contributed by atoms with Gasteiger partial charge in [0, 0.05) is 24.1 Å². The minimum Gasteiger partial charge on any atom is -0.478 e. The molecule has 3 aromatic rings. The van der Waals surface area contributed by atoms with Crippen molar-refractivity contribution in [1.82, 2.24) is 19.8 Å². The van der Waals surface area contributed by atoms with Gasteiger partial charge in [-0.05, 0) is 67.9 Å². The first kappa shape index (κ1) is 22.0. The number of rotatable bonds is 6. The number of nitrogens with one attached hydrogen (secondary N) is 1. The number of nitrogens with zero attached hydrogens (tertiary/aromatic N) is 3. The number of aromatic carboxylic acids is 1. The van der Waals surface area contributed by atoms with E-state index in [2.05, 4.69) is 35.1 Å². The standard InChI is InChI=1S/C25H28N4O2S/c1-15(2)14-28-23(22(27-25(28)32)20-10-7-8-12-26-20)19-13-16(3)29(17(19)4)21-11-6-5-9-18(21)24(30)31/h5-13,15,22-23H,14H2,1-4H3,(H,27,32)(H,30,31)/t22-,23-/m0/s1. The smallest absolute Gasteiger partial charge is 0.337 e. The highest BCUT2D eigenvalue weighted by molar-refractivity contribution is 7.80. The number of aryl methyl sites for hydroxylation is 1. The Labute approximate surface area is 193 Å². The second-order valence-corrected chi connectivity index (χ2v) is 9.04. The van der Waals surface area contributed by atoms with Crippen LogP contribution in [0.2, 0.25) is 0 Å². The van der Waals surface area contributed by atoms with Gasteiger partial charge in [-0.25, -0.2) is 4.79 Å². The summed E-state index contributed by atoms with van der Waals surface area (Å²) in [4.78, 5) is 18.7. The zero-order chi connectivity index (χ0) is 23.0. The van der Waals surface area contributed by atoms with Crippen molar-refractivity contribution < 1.29 is 9.90 Å². The topological polar surface area (TPSA) is 70.4 Å². The van der Waals surface area contributed by atoms with E-state index in [4.69, 9.17) is 12.2 Å². The number of aromatic nitrogens is 2. The quantitative estimate of drug-likeness (QED) is 0.527. The third-order valence-electron chi connectivity index (χ3n) is 5.92. The van der Waals surface area contributed by atoms with Gasteiger partial charge in [-0.3, -0.25) is 4.98 Å². The van der Waals surface area contributed by atoms with Crippen LogP contribution < -0.4 is 5.32 Å². The number of para-hydroxylation sites is 1. The molecule has 2 N–H and O–H groups in total. The largest absolute Gasteiger partial charge is 0.478 e. The minimum absolute atomic E-state index is 0.0447. The average Bonchev–Trinajstić information content (AvgIpc) is 3.23. The number of hydrogen-bond donors (Lipinski definition) is 2. The van der Waals surface area contributed by atoms with Crippen LogP contribution in [0.15, 0.2) is 54.7 Å². The highest BCUT2D eigenvalue weighted by Crippen LogP contribution is 2.41. The van der Waals surface area contributed by atoms with Gasteiger partial charge in [0.25, 0.3) is 0 Å². The Kier molecular flexibility index (Phi) is 6.02. The van der Waals surface area contributed by atoms with Crippen molar-refractivity contribution in [3.63, 3.8) is 0 Å². The van der Waals surface area contributed by atoms with Crippen LogP contribution in [0.5, 0.6) is 0 Å². The first-order valence-electron chi connectivity index (χ1n) is 10.8. The van der Waals surface area contributed by atoms with Crippen LogP contribution in [0.25, 0.3) is 5.69 Å². The molecule has 166 valence electrons. The van der Waals surface area contributed by atoms with Crippen LogP contribution in [0.4, 0.5) is 0 Å². The van der Waals surface area contributed by atoms with Crippen LogP contribution in [0.1, 0.15) is 58.9 Å². The van der Waals surface area contributed by atoms with Crippen LogP contribution in [0, 0.1) is 19.8 Å². The molecule has 6 nitrogen and oxygen atoms in total. The summed E-state index contributed by atoms with van der Waals surface area (Å²) >= 11 is 5.75. The molecule has 3 heterocycles. The second-order valence-electron chi connectivity index (χ2n) is 8.66. The molecule has 1 aliphatic rings. The number of thiocarbonyl (C=S) groups is 1. The molecular formula is C25H28N4O2S. The Balaban J connectivity index is 1.87.